The Morgan fingerprint density at radius 3 is 2.77 bits per heavy atom. The Labute approximate surface area is 173 Å². The van der Waals surface area contributed by atoms with E-state index in [0.717, 1.165) is 22.4 Å². The number of benzene rings is 2. The number of aromatic amines is 1. The van der Waals surface area contributed by atoms with Gasteiger partial charge in [-0.15, -0.1) is 0 Å². The number of cyclic esters (lactones) is 1. The Morgan fingerprint density at radius 1 is 1.13 bits per heavy atom. The molecule has 0 saturated carbocycles. The highest BCUT2D eigenvalue weighted by molar-refractivity contribution is 6.10. The van der Waals surface area contributed by atoms with Gasteiger partial charge in [-0.25, -0.2) is 4.99 Å². The van der Waals surface area contributed by atoms with E-state index in [2.05, 4.69) is 15.2 Å². The molecule has 5 rings (SSSR count). The molecule has 0 spiro atoms. The number of hydrogen-bond acceptors (Lipinski definition) is 6. The molecule has 0 amide bonds. The molecule has 1 aromatic heterocycles. The first kappa shape index (κ1) is 18.4. The first-order chi connectivity index (χ1) is 14.7. The standard InChI is InChI=1S/C23H21N3O4/c1-13-19-20(21-16(12-30-23(21)27)24-22(19)26-25-13)15-8-9-17(18(10-15)28-2)29-11-14-6-4-3-5-7-14/h3-10,20-21H,11-12H2,1-2H3,(H,25,26). The lowest BCUT2D eigenvalue weighted by atomic mass is 9.77. The van der Waals surface area contributed by atoms with Crippen LogP contribution in [0.5, 0.6) is 11.5 Å². The number of carbonyl (C=O) groups is 1. The highest BCUT2D eigenvalue weighted by Crippen LogP contribution is 2.46. The molecule has 2 aliphatic heterocycles. The summed E-state index contributed by atoms with van der Waals surface area (Å²) in [6, 6.07) is 15.7. The molecule has 30 heavy (non-hydrogen) atoms. The lowest BCUT2D eigenvalue weighted by Crippen LogP contribution is -2.28. The largest absolute Gasteiger partial charge is 0.493 e. The minimum Gasteiger partial charge on any atom is -0.493 e. The van der Waals surface area contributed by atoms with Gasteiger partial charge in [0.25, 0.3) is 0 Å². The number of aromatic nitrogens is 2. The summed E-state index contributed by atoms with van der Waals surface area (Å²) < 4.78 is 16.9. The molecule has 1 saturated heterocycles. The second-order valence-electron chi connectivity index (χ2n) is 7.44. The average Bonchev–Trinajstić information content (AvgIpc) is 3.34. The zero-order valence-corrected chi connectivity index (χ0v) is 16.7. The van der Waals surface area contributed by atoms with Crippen LogP contribution in [0.4, 0.5) is 5.82 Å². The maximum atomic E-state index is 12.5. The predicted octanol–water partition coefficient (Wildman–Crippen LogP) is 3.70. The zero-order chi connectivity index (χ0) is 20.7. The minimum atomic E-state index is -0.449. The number of esters is 1. The maximum absolute atomic E-state index is 12.5. The van der Waals surface area contributed by atoms with Crippen LogP contribution < -0.4 is 9.47 Å². The molecule has 7 heteroatoms. The number of fused-ring (bicyclic) bond motifs is 2. The van der Waals surface area contributed by atoms with Crippen LogP contribution in [-0.4, -0.2) is 35.6 Å². The third-order valence-corrected chi connectivity index (χ3v) is 5.63. The number of aryl methyl sites for hydroxylation is 1. The van der Waals surface area contributed by atoms with Crippen molar-refractivity contribution in [2.45, 2.75) is 19.4 Å². The van der Waals surface area contributed by atoms with E-state index in [1.807, 2.05) is 55.5 Å². The lowest BCUT2D eigenvalue weighted by molar-refractivity contribution is -0.141. The third-order valence-electron chi connectivity index (χ3n) is 5.63. The van der Waals surface area contributed by atoms with Crippen molar-refractivity contribution < 1.29 is 19.0 Å². The van der Waals surface area contributed by atoms with E-state index in [4.69, 9.17) is 14.2 Å². The van der Waals surface area contributed by atoms with Crippen LogP contribution in [0, 0.1) is 12.8 Å². The van der Waals surface area contributed by atoms with E-state index in [9.17, 15) is 4.79 Å². The monoisotopic (exact) mass is 403 g/mol. The average molecular weight is 403 g/mol. The molecular formula is C23H21N3O4. The molecular weight excluding hydrogens is 382 g/mol. The van der Waals surface area contributed by atoms with Crippen molar-refractivity contribution in [1.29, 1.82) is 0 Å². The Kier molecular flexibility index (Phi) is 4.50. The Balaban J connectivity index is 1.51. The maximum Gasteiger partial charge on any atom is 0.316 e. The van der Waals surface area contributed by atoms with E-state index in [1.165, 1.54) is 0 Å². The van der Waals surface area contributed by atoms with E-state index in [-0.39, 0.29) is 18.5 Å². The predicted molar refractivity (Wildman–Crippen MR) is 110 cm³/mol. The Bertz CT molecular complexity index is 1140. The molecule has 1 fully saturated rings. The fourth-order valence-corrected chi connectivity index (χ4v) is 4.17. The highest BCUT2D eigenvalue weighted by Gasteiger charge is 2.46. The van der Waals surface area contributed by atoms with Gasteiger partial charge in [0.15, 0.2) is 17.3 Å². The number of rotatable bonds is 5. The van der Waals surface area contributed by atoms with E-state index in [0.29, 0.717) is 29.6 Å². The number of nitrogens with one attached hydrogen (secondary N) is 1. The summed E-state index contributed by atoms with van der Waals surface area (Å²) in [6.07, 6.45) is 0. The topological polar surface area (TPSA) is 85.8 Å². The molecule has 3 heterocycles. The van der Waals surface area contributed by atoms with E-state index < -0.39 is 5.92 Å². The molecule has 2 aromatic carbocycles. The van der Waals surface area contributed by atoms with Gasteiger partial charge in [0.05, 0.1) is 12.8 Å². The number of nitrogens with zero attached hydrogens (tertiary/aromatic N) is 2. The third kappa shape index (κ3) is 3.03. The van der Waals surface area contributed by atoms with Gasteiger partial charge in [-0.1, -0.05) is 36.4 Å². The summed E-state index contributed by atoms with van der Waals surface area (Å²) in [5.41, 5.74) is 4.53. The molecule has 2 aliphatic rings. The number of H-pyrrole nitrogens is 1. The lowest BCUT2D eigenvalue weighted by Gasteiger charge is -2.26. The first-order valence-corrected chi connectivity index (χ1v) is 9.79. The zero-order valence-electron chi connectivity index (χ0n) is 16.7. The van der Waals surface area contributed by atoms with Crippen molar-refractivity contribution in [3.05, 3.63) is 70.9 Å². The van der Waals surface area contributed by atoms with Crippen LogP contribution in [0.2, 0.25) is 0 Å². The van der Waals surface area contributed by atoms with Gasteiger partial charge in [-0.05, 0) is 30.2 Å². The van der Waals surface area contributed by atoms with Crippen LogP contribution in [0.15, 0.2) is 53.5 Å². The normalized spacial score (nSPS) is 19.5. The molecule has 0 bridgehead atoms. The summed E-state index contributed by atoms with van der Waals surface area (Å²) in [7, 11) is 1.61. The van der Waals surface area contributed by atoms with Gasteiger partial charge in [-0.3, -0.25) is 9.89 Å². The Morgan fingerprint density at radius 2 is 1.97 bits per heavy atom. The quantitative estimate of drug-likeness (QED) is 0.657. The second-order valence-corrected chi connectivity index (χ2v) is 7.44. The van der Waals surface area contributed by atoms with Crippen molar-refractivity contribution in [3.8, 4) is 11.5 Å². The fraction of sp³-hybridized carbons (Fsp3) is 0.261. The van der Waals surface area contributed by atoms with Gasteiger partial charge in [0.2, 0.25) is 0 Å². The van der Waals surface area contributed by atoms with E-state index in [1.54, 1.807) is 7.11 Å². The fourth-order valence-electron chi connectivity index (χ4n) is 4.17. The van der Waals surface area contributed by atoms with Gasteiger partial charge in [0, 0.05) is 17.2 Å². The molecule has 0 aliphatic carbocycles. The second kappa shape index (κ2) is 7.33. The molecule has 2 unspecified atom stereocenters. The molecule has 3 aromatic rings. The van der Waals surface area contributed by atoms with Crippen LogP contribution >= 0.6 is 0 Å². The van der Waals surface area contributed by atoms with Gasteiger partial charge in [-0.2, -0.15) is 5.10 Å². The van der Waals surface area contributed by atoms with Crippen molar-refractivity contribution in [2.75, 3.05) is 13.7 Å². The molecule has 0 radical (unpaired) electrons. The van der Waals surface area contributed by atoms with Gasteiger partial charge < -0.3 is 14.2 Å². The number of methoxy groups -OCH3 is 1. The Hall–Kier alpha value is -3.61. The molecule has 1 N–H and O–H groups in total. The number of carbonyl (C=O) groups excluding carboxylic acids is 1. The van der Waals surface area contributed by atoms with Crippen molar-refractivity contribution in [2.24, 2.45) is 10.9 Å². The van der Waals surface area contributed by atoms with Crippen LogP contribution in [-0.2, 0) is 16.1 Å². The van der Waals surface area contributed by atoms with Crippen molar-refractivity contribution in [3.63, 3.8) is 0 Å². The summed E-state index contributed by atoms with van der Waals surface area (Å²) in [5.74, 6) is 0.932. The first-order valence-electron chi connectivity index (χ1n) is 9.79. The van der Waals surface area contributed by atoms with Crippen LogP contribution in [0.25, 0.3) is 0 Å². The molecule has 152 valence electrons. The summed E-state index contributed by atoms with van der Waals surface area (Å²) in [5, 5.41) is 7.30. The number of ether oxygens (including phenoxy) is 3. The summed E-state index contributed by atoms with van der Waals surface area (Å²) >= 11 is 0. The summed E-state index contributed by atoms with van der Waals surface area (Å²) in [6.45, 7) is 2.59. The SMILES string of the molecule is COc1cc(C2c3c(n[nH]c3C)N=C3COC(=O)C32)ccc1OCc1ccccc1. The van der Waals surface area contributed by atoms with Crippen molar-refractivity contribution >= 4 is 17.5 Å². The summed E-state index contributed by atoms with van der Waals surface area (Å²) in [4.78, 5) is 17.1. The van der Waals surface area contributed by atoms with E-state index >= 15 is 0 Å². The van der Waals surface area contributed by atoms with Crippen LogP contribution in [0.1, 0.15) is 28.3 Å². The van der Waals surface area contributed by atoms with Crippen LogP contribution in [0.3, 0.4) is 0 Å². The van der Waals surface area contributed by atoms with Gasteiger partial charge >= 0.3 is 5.97 Å². The number of aliphatic imine (C=N–C) groups is 1. The minimum absolute atomic E-state index is 0.209. The van der Waals surface area contributed by atoms with Gasteiger partial charge in [0.1, 0.15) is 19.1 Å². The van der Waals surface area contributed by atoms with Crippen molar-refractivity contribution in [1.82, 2.24) is 10.2 Å². The molecule has 2 atom stereocenters. The molecule has 7 nitrogen and oxygen atoms in total. The number of hydrogen-bond donors (Lipinski definition) is 1. The highest BCUT2D eigenvalue weighted by atomic mass is 16.5. The smallest absolute Gasteiger partial charge is 0.316 e.